The van der Waals surface area contributed by atoms with Crippen molar-refractivity contribution in [3.8, 4) is 5.75 Å². The summed E-state index contributed by atoms with van der Waals surface area (Å²) in [5.41, 5.74) is 1.93. The molecular formula is C12H10N4O3. The van der Waals surface area contributed by atoms with E-state index in [0.717, 1.165) is 6.20 Å². The quantitative estimate of drug-likeness (QED) is 0.541. The maximum absolute atomic E-state index is 11.6. The van der Waals surface area contributed by atoms with E-state index in [1.54, 1.807) is 18.2 Å². The summed E-state index contributed by atoms with van der Waals surface area (Å²) >= 11 is 0. The molecule has 1 aromatic carbocycles. The number of hydrogen-bond acceptors (Lipinski definition) is 5. The van der Waals surface area contributed by atoms with Crippen molar-refractivity contribution < 1.29 is 9.90 Å². The normalized spacial score (nSPS) is 10.5. The van der Waals surface area contributed by atoms with Crippen molar-refractivity contribution in [1.29, 1.82) is 0 Å². The molecule has 7 nitrogen and oxygen atoms in total. The van der Waals surface area contributed by atoms with E-state index < -0.39 is 11.5 Å². The molecule has 96 valence electrons. The molecule has 0 aliphatic rings. The van der Waals surface area contributed by atoms with Crippen molar-refractivity contribution in [1.82, 2.24) is 15.4 Å². The molecule has 0 radical (unpaired) electrons. The molecule has 2 aromatic rings. The Balaban J connectivity index is 2.08. The lowest BCUT2D eigenvalue weighted by molar-refractivity contribution is 0.0953. The van der Waals surface area contributed by atoms with Crippen LogP contribution in [0.2, 0.25) is 0 Å². The minimum atomic E-state index is -0.680. The third kappa shape index (κ3) is 3.03. The number of H-pyrrole nitrogens is 1. The average Bonchev–Trinajstić information content (AvgIpc) is 2.41. The molecule has 7 heteroatoms. The molecule has 0 saturated carbocycles. The molecule has 0 aliphatic heterocycles. The van der Waals surface area contributed by atoms with Gasteiger partial charge in [-0.25, -0.2) is 10.4 Å². The fraction of sp³-hybridized carbons (Fsp3) is 0. The van der Waals surface area contributed by atoms with Gasteiger partial charge >= 0.3 is 0 Å². The Labute approximate surface area is 107 Å². The van der Waals surface area contributed by atoms with Crippen LogP contribution in [-0.2, 0) is 0 Å². The SMILES string of the molecule is O=C(NN=Cc1ccccc1O)c1cnc[nH]c1=O. The van der Waals surface area contributed by atoms with Crippen molar-refractivity contribution in [3.05, 3.63) is 58.3 Å². The number of nitrogens with zero attached hydrogens (tertiary/aromatic N) is 2. The van der Waals surface area contributed by atoms with Gasteiger partial charge in [0.25, 0.3) is 11.5 Å². The van der Waals surface area contributed by atoms with Crippen LogP contribution in [0.4, 0.5) is 0 Å². The second-order valence-corrected chi connectivity index (χ2v) is 3.55. The van der Waals surface area contributed by atoms with Gasteiger partial charge in [-0.15, -0.1) is 0 Å². The molecule has 1 heterocycles. The molecule has 19 heavy (non-hydrogen) atoms. The lowest BCUT2D eigenvalue weighted by Gasteiger charge is -1.99. The Bertz CT molecular complexity index is 678. The predicted octanol–water partition coefficient (Wildman–Crippen LogP) is 0.239. The molecule has 3 N–H and O–H groups in total. The van der Waals surface area contributed by atoms with E-state index in [1.807, 2.05) is 0 Å². The standard InChI is InChI=1S/C12H10N4O3/c17-10-4-2-1-3-8(10)5-15-16-12(19)9-6-13-7-14-11(9)18/h1-7,17H,(H,16,19)(H,13,14,18). The summed E-state index contributed by atoms with van der Waals surface area (Å²) in [6.45, 7) is 0. The third-order valence-electron chi connectivity index (χ3n) is 2.27. The van der Waals surface area contributed by atoms with Gasteiger partial charge in [-0.05, 0) is 12.1 Å². The van der Waals surface area contributed by atoms with Gasteiger partial charge in [-0.2, -0.15) is 5.10 Å². The highest BCUT2D eigenvalue weighted by molar-refractivity contribution is 5.94. The second-order valence-electron chi connectivity index (χ2n) is 3.55. The topological polar surface area (TPSA) is 107 Å². The number of phenolic OH excluding ortho intramolecular Hbond substituents is 1. The lowest BCUT2D eigenvalue weighted by atomic mass is 10.2. The van der Waals surface area contributed by atoms with Crippen molar-refractivity contribution in [2.24, 2.45) is 5.10 Å². The highest BCUT2D eigenvalue weighted by Crippen LogP contribution is 2.12. The zero-order valence-corrected chi connectivity index (χ0v) is 9.70. The van der Waals surface area contributed by atoms with E-state index in [-0.39, 0.29) is 11.3 Å². The van der Waals surface area contributed by atoms with Crippen LogP contribution in [-0.4, -0.2) is 27.2 Å². The molecule has 0 spiro atoms. The summed E-state index contributed by atoms with van der Waals surface area (Å²) in [4.78, 5) is 28.8. The monoisotopic (exact) mass is 258 g/mol. The first-order chi connectivity index (χ1) is 9.18. The summed E-state index contributed by atoms with van der Waals surface area (Å²) in [6.07, 6.45) is 3.60. The van der Waals surface area contributed by atoms with Gasteiger partial charge in [-0.1, -0.05) is 12.1 Å². The summed E-state index contributed by atoms with van der Waals surface area (Å²) in [5, 5.41) is 13.1. The largest absolute Gasteiger partial charge is 0.507 e. The minimum Gasteiger partial charge on any atom is -0.507 e. The smallest absolute Gasteiger partial charge is 0.278 e. The number of nitrogens with one attached hydrogen (secondary N) is 2. The molecule has 0 aliphatic carbocycles. The summed E-state index contributed by atoms with van der Waals surface area (Å²) in [6, 6.07) is 6.51. The number of aromatic nitrogens is 2. The number of benzene rings is 1. The number of hydrogen-bond donors (Lipinski definition) is 3. The molecular weight excluding hydrogens is 248 g/mol. The maximum atomic E-state index is 11.6. The Kier molecular flexibility index (Phi) is 3.67. The number of amides is 1. The number of aromatic hydroxyl groups is 1. The fourth-order valence-corrected chi connectivity index (χ4v) is 1.32. The molecule has 0 fully saturated rings. The number of carbonyl (C=O) groups is 1. The van der Waals surface area contributed by atoms with Gasteiger partial charge in [0.15, 0.2) is 0 Å². The molecule has 0 atom stereocenters. The van der Waals surface area contributed by atoms with Gasteiger partial charge in [0.05, 0.1) is 12.5 Å². The summed E-state index contributed by atoms with van der Waals surface area (Å²) in [5.74, 6) is -0.638. The second kappa shape index (κ2) is 5.58. The van der Waals surface area contributed by atoms with Gasteiger partial charge in [0, 0.05) is 11.8 Å². The first-order valence-electron chi connectivity index (χ1n) is 5.32. The number of hydrazone groups is 1. The molecule has 0 bridgehead atoms. The number of carbonyl (C=O) groups excluding carboxylic acids is 1. The van der Waals surface area contributed by atoms with E-state index >= 15 is 0 Å². The van der Waals surface area contributed by atoms with Crippen molar-refractivity contribution >= 4 is 12.1 Å². The zero-order valence-electron chi connectivity index (χ0n) is 9.70. The molecule has 0 saturated heterocycles. The van der Waals surface area contributed by atoms with Crippen LogP contribution >= 0.6 is 0 Å². The average molecular weight is 258 g/mol. The number of phenols is 1. The van der Waals surface area contributed by atoms with E-state index in [0.29, 0.717) is 5.56 Å². The van der Waals surface area contributed by atoms with E-state index in [9.17, 15) is 14.7 Å². The number of aromatic amines is 1. The number of para-hydroxylation sites is 1. The Morgan fingerprint density at radius 2 is 2.21 bits per heavy atom. The predicted molar refractivity (Wildman–Crippen MR) is 68.0 cm³/mol. The number of rotatable bonds is 3. The Morgan fingerprint density at radius 1 is 1.42 bits per heavy atom. The first kappa shape index (κ1) is 12.5. The fourth-order valence-electron chi connectivity index (χ4n) is 1.32. The first-order valence-corrected chi connectivity index (χ1v) is 5.32. The Morgan fingerprint density at radius 3 is 2.95 bits per heavy atom. The maximum Gasteiger partial charge on any atom is 0.278 e. The van der Waals surface area contributed by atoms with Crippen LogP contribution in [0.1, 0.15) is 15.9 Å². The van der Waals surface area contributed by atoms with E-state index in [1.165, 1.54) is 18.6 Å². The molecule has 2 rings (SSSR count). The lowest BCUT2D eigenvalue weighted by Crippen LogP contribution is -2.26. The van der Waals surface area contributed by atoms with Crippen molar-refractivity contribution in [3.63, 3.8) is 0 Å². The highest BCUT2D eigenvalue weighted by atomic mass is 16.3. The van der Waals surface area contributed by atoms with Gasteiger partial charge in [0.2, 0.25) is 0 Å². The van der Waals surface area contributed by atoms with Crippen LogP contribution in [0.5, 0.6) is 5.75 Å². The van der Waals surface area contributed by atoms with E-state index in [2.05, 4.69) is 20.5 Å². The summed E-state index contributed by atoms with van der Waals surface area (Å²) < 4.78 is 0. The zero-order chi connectivity index (χ0) is 13.7. The van der Waals surface area contributed by atoms with Gasteiger partial charge in [0.1, 0.15) is 11.3 Å². The molecule has 1 amide bonds. The van der Waals surface area contributed by atoms with Crippen molar-refractivity contribution in [2.45, 2.75) is 0 Å². The highest BCUT2D eigenvalue weighted by Gasteiger charge is 2.08. The van der Waals surface area contributed by atoms with Crippen LogP contribution in [0, 0.1) is 0 Å². The minimum absolute atomic E-state index is 0.0414. The molecule has 0 unspecified atom stereocenters. The Hall–Kier alpha value is -2.96. The van der Waals surface area contributed by atoms with Crippen LogP contribution in [0.15, 0.2) is 46.7 Å². The van der Waals surface area contributed by atoms with Gasteiger partial charge in [-0.3, -0.25) is 9.59 Å². The summed E-state index contributed by atoms with van der Waals surface area (Å²) in [7, 11) is 0. The van der Waals surface area contributed by atoms with Crippen LogP contribution in [0.3, 0.4) is 0 Å². The van der Waals surface area contributed by atoms with Crippen LogP contribution < -0.4 is 11.0 Å². The van der Waals surface area contributed by atoms with E-state index in [4.69, 9.17) is 0 Å². The van der Waals surface area contributed by atoms with Crippen LogP contribution in [0.25, 0.3) is 0 Å². The van der Waals surface area contributed by atoms with Crippen molar-refractivity contribution in [2.75, 3.05) is 0 Å². The van der Waals surface area contributed by atoms with Gasteiger partial charge < -0.3 is 10.1 Å². The third-order valence-corrected chi connectivity index (χ3v) is 2.27. The molecule has 1 aromatic heterocycles.